The van der Waals surface area contributed by atoms with Crippen LogP contribution in [0.15, 0.2) is 99.7 Å². The molecule has 6 rings (SSSR count). The highest BCUT2D eigenvalue weighted by atomic mass is 35.5. The molecular weight excluding hydrogens is 572 g/mol. The Morgan fingerprint density at radius 1 is 0.955 bits per heavy atom. The monoisotopic (exact) mass is 608 g/mol. The van der Waals surface area contributed by atoms with Gasteiger partial charge >= 0.3 is 0 Å². The number of allylic oxidation sites excluding steroid dienone is 1. The summed E-state index contributed by atoms with van der Waals surface area (Å²) in [5, 5.41) is 4.23. The summed E-state index contributed by atoms with van der Waals surface area (Å²) >= 11 is 6.12. The van der Waals surface area contributed by atoms with E-state index >= 15 is 0 Å². The van der Waals surface area contributed by atoms with E-state index in [0.717, 1.165) is 50.6 Å². The second-order valence-electron chi connectivity index (χ2n) is 12.0. The van der Waals surface area contributed by atoms with Crippen LogP contribution in [0.4, 0.5) is 0 Å². The molecule has 1 aliphatic carbocycles. The van der Waals surface area contributed by atoms with Crippen molar-refractivity contribution in [2.45, 2.75) is 69.9 Å². The number of rotatable bonds is 8. The highest BCUT2D eigenvalue weighted by Gasteiger charge is 2.25. The molecule has 6 nitrogen and oxygen atoms in total. The summed E-state index contributed by atoms with van der Waals surface area (Å²) in [6, 6.07) is 24.1. The maximum Gasteiger partial charge on any atom is 0.287 e. The fourth-order valence-electron chi connectivity index (χ4n) is 6.54. The summed E-state index contributed by atoms with van der Waals surface area (Å²) < 4.78 is 5.82. The van der Waals surface area contributed by atoms with Gasteiger partial charge in [0.25, 0.3) is 5.91 Å². The topological polar surface area (TPSA) is 79.6 Å². The zero-order valence-corrected chi connectivity index (χ0v) is 25.5. The van der Waals surface area contributed by atoms with E-state index < -0.39 is 5.91 Å². The van der Waals surface area contributed by atoms with Crippen LogP contribution in [0.3, 0.4) is 0 Å². The van der Waals surface area contributed by atoms with Gasteiger partial charge in [-0.15, -0.1) is 0 Å². The first-order valence-corrected chi connectivity index (χ1v) is 15.9. The lowest BCUT2D eigenvalue weighted by Gasteiger charge is -2.31. The molecule has 3 aromatic carbocycles. The van der Waals surface area contributed by atoms with Crippen LogP contribution < -0.4 is 10.7 Å². The predicted molar refractivity (Wildman–Crippen MR) is 174 cm³/mol. The van der Waals surface area contributed by atoms with Crippen LogP contribution in [0.25, 0.3) is 11.0 Å². The molecule has 1 atom stereocenters. The zero-order valence-electron chi connectivity index (χ0n) is 24.8. The van der Waals surface area contributed by atoms with Crippen LogP contribution in [-0.2, 0) is 17.8 Å². The van der Waals surface area contributed by atoms with Gasteiger partial charge in [0.05, 0.1) is 11.4 Å². The molecule has 7 heteroatoms. The highest BCUT2D eigenvalue weighted by molar-refractivity contribution is 6.30. The van der Waals surface area contributed by atoms with E-state index in [1.54, 1.807) is 24.3 Å². The quantitative estimate of drug-likeness (QED) is 0.209. The van der Waals surface area contributed by atoms with Crippen LogP contribution in [0.1, 0.15) is 78.1 Å². The number of benzene rings is 3. The summed E-state index contributed by atoms with van der Waals surface area (Å²) in [6.45, 7) is 1.53. The van der Waals surface area contributed by atoms with Gasteiger partial charge in [-0.2, -0.15) is 0 Å². The van der Waals surface area contributed by atoms with Gasteiger partial charge in [0.1, 0.15) is 5.58 Å². The van der Waals surface area contributed by atoms with Crippen molar-refractivity contribution in [3.63, 3.8) is 0 Å². The maximum absolute atomic E-state index is 13.4. The van der Waals surface area contributed by atoms with E-state index in [2.05, 4.69) is 35.7 Å². The van der Waals surface area contributed by atoms with Gasteiger partial charge < -0.3 is 14.6 Å². The molecule has 1 saturated heterocycles. The Morgan fingerprint density at radius 2 is 1.70 bits per heavy atom. The molecule has 0 radical (unpaired) electrons. The third-order valence-electron chi connectivity index (χ3n) is 8.89. The number of nitrogens with one attached hydrogen (secondary N) is 1. The molecule has 2 heterocycles. The number of nitrogens with zero attached hydrogens (tertiary/aromatic N) is 1. The lowest BCUT2D eigenvalue weighted by atomic mass is 9.79. The average Bonchev–Trinajstić information content (AvgIpc) is 3.04. The Labute approximate surface area is 262 Å². The van der Waals surface area contributed by atoms with Gasteiger partial charge in [0.15, 0.2) is 11.2 Å². The Hall–Kier alpha value is -4.16. The van der Waals surface area contributed by atoms with Crippen molar-refractivity contribution in [3.8, 4) is 0 Å². The zero-order chi connectivity index (χ0) is 30.5. The number of likely N-dealkylation sites (tertiary alicyclic amines) is 1. The SMILES string of the molecule is O=C(N[C@@H](C=C1CCC(c2ccccc2CN2CCCCC2=O)CC1)Cc1ccc(Cl)cc1)c1cc(=O)c2ccccc2o1. The minimum absolute atomic E-state index is 0.000656. The minimum atomic E-state index is -0.418. The molecule has 1 aromatic heterocycles. The number of amides is 2. The lowest BCUT2D eigenvalue weighted by molar-refractivity contribution is -0.133. The standard InChI is InChI=1S/C37H37ClN2O4/c38-29-18-14-26(15-19-29)22-30(39-37(43)35-23-33(41)32-9-3-4-10-34(32)44-35)21-25-12-16-27(17-13-25)31-8-2-1-7-28(31)24-40-20-6-5-11-36(40)42/h1-4,7-10,14-15,18-19,21,23,27,30H,5-6,11-13,16-17,20,22,24H2,(H,39,43)/t27?,30-/m0/s1. The third kappa shape index (κ3) is 7.13. The van der Waals surface area contributed by atoms with E-state index in [1.165, 1.54) is 22.8 Å². The van der Waals surface area contributed by atoms with Crippen molar-refractivity contribution in [3.05, 3.63) is 128 Å². The number of carbonyl (C=O) groups is 2. The van der Waals surface area contributed by atoms with Crippen molar-refractivity contribution in [2.75, 3.05) is 6.54 Å². The molecule has 0 unspecified atom stereocenters. The van der Waals surface area contributed by atoms with Crippen molar-refractivity contribution >= 4 is 34.4 Å². The van der Waals surface area contributed by atoms with Crippen LogP contribution in [-0.4, -0.2) is 29.3 Å². The maximum atomic E-state index is 13.4. The number of halogens is 1. The largest absolute Gasteiger partial charge is 0.451 e. The average molecular weight is 609 g/mol. The molecule has 1 N–H and O–H groups in total. The van der Waals surface area contributed by atoms with Gasteiger partial charge in [-0.1, -0.05) is 71.8 Å². The fraction of sp³-hybridized carbons (Fsp3) is 0.324. The number of hydrogen-bond donors (Lipinski definition) is 1. The van der Waals surface area contributed by atoms with Crippen LogP contribution >= 0.6 is 11.6 Å². The summed E-state index contributed by atoms with van der Waals surface area (Å²) in [7, 11) is 0. The Bertz CT molecular complexity index is 1730. The van der Waals surface area contributed by atoms with Crippen molar-refractivity contribution in [1.29, 1.82) is 0 Å². The number of para-hydroxylation sites is 1. The number of piperidine rings is 1. The van der Waals surface area contributed by atoms with E-state index in [-0.39, 0.29) is 23.1 Å². The summed E-state index contributed by atoms with van der Waals surface area (Å²) in [6.07, 6.45) is 9.37. The molecule has 44 heavy (non-hydrogen) atoms. The van der Waals surface area contributed by atoms with Crippen molar-refractivity contribution in [1.82, 2.24) is 10.2 Å². The lowest BCUT2D eigenvalue weighted by Crippen LogP contribution is -2.36. The first-order valence-electron chi connectivity index (χ1n) is 15.6. The summed E-state index contributed by atoms with van der Waals surface area (Å²) in [5.41, 5.74) is 5.11. The molecule has 0 spiro atoms. The molecule has 2 fully saturated rings. The molecule has 226 valence electrons. The second kappa shape index (κ2) is 13.6. The van der Waals surface area contributed by atoms with Crippen molar-refractivity contribution < 1.29 is 14.0 Å². The van der Waals surface area contributed by atoms with E-state index in [9.17, 15) is 14.4 Å². The van der Waals surface area contributed by atoms with Gasteiger partial charge in [-0.3, -0.25) is 14.4 Å². The molecule has 0 bridgehead atoms. The molecule has 2 aliphatic rings. The second-order valence-corrected chi connectivity index (χ2v) is 12.4. The Morgan fingerprint density at radius 3 is 2.50 bits per heavy atom. The predicted octanol–water partition coefficient (Wildman–Crippen LogP) is 7.58. The molecular formula is C37H37ClN2O4. The Balaban J connectivity index is 1.18. The fourth-order valence-corrected chi connectivity index (χ4v) is 6.67. The van der Waals surface area contributed by atoms with Crippen LogP contribution in [0.2, 0.25) is 5.02 Å². The summed E-state index contributed by atoms with van der Waals surface area (Å²) in [4.78, 5) is 40.5. The number of carbonyl (C=O) groups excluding carboxylic acids is 2. The molecule has 1 aliphatic heterocycles. The Kier molecular flexibility index (Phi) is 9.27. The van der Waals surface area contributed by atoms with Crippen LogP contribution in [0, 0.1) is 0 Å². The third-order valence-corrected chi connectivity index (χ3v) is 9.14. The summed E-state index contributed by atoms with van der Waals surface area (Å²) in [5.74, 6) is 0.273. The van der Waals surface area contributed by atoms with Gasteiger partial charge in [-0.25, -0.2) is 0 Å². The highest BCUT2D eigenvalue weighted by Crippen LogP contribution is 2.37. The van der Waals surface area contributed by atoms with Gasteiger partial charge in [0.2, 0.25) is 5.91 Å². The van der Waals surface area contributed by atoms with Gasteiger partial charge in [0, 0.05) is 30.6 Å². The normalized spacial score (nSPS) is 17.8. The van der Waals surface area contributed by atoms with E-state index in [4.69, 9.17) is 16.0 Å². The van der Waals surface area contributed by atoms with E-state index in [0.29, 0.717) is 41.3 Å². The number of fused-ring (bicyclic) bond motifs is 1. The minimum Gasteiger partial charge on any atom is -0.451 e. The van der Waals surface area contributed by atoms with Crippen LogP contribution in [0.5, 0.6) is 0 Å². The first-order chi connectivity index (χ1) is 21.4. The first kappa shape index (κ1) is 29.9. The number of hydrogen-bond acceptors (Lipinski definition) is 4. The molecule has 1 saturated carbocycles. The van der Waals surface area contributed by atoms with Gasteiger partial charge in [-0.05, 0) is 91.8 Å². The molecule has 4 aromatic rings. The molecule has 2 amide bonds. The van der Waals surface area contributed by atoms with E-state index in [1.807, 2.05) is 29.2 Å². The van der Waals surface area contributed by atoms with Crippen molar-refractivity contribution in [2.24, 2.45) is 0 Å². The smallest absolute Gasteiger partial charge is 0.287 e.